The van der Waals surface area contributed by atoms with Crippen LogP contribution in [-0.4, -0.2) is 16.7 Å². The van der Waals surface area contributed by atoms with Gasteiger partial charge in [0.25, 0.3) is 0 Å². The van der Waals surface area contributed by atoms with Gasteiger partial charge < -0.3 is 5.11 Å². The first kappa shape index (κ1) is 19.2. The number of aliphatic hydroxyl groups excluding tert-OH is 1. The van der Waals surface area contributed by atoms with Gasteiger partial charge in [-0.3, -0.25) is 9.59 Å². The fourth-order valence-electron chi connectivity index (χ4n) is 3.86. The van der Waals surface area contributed by atoms with Crippen molar-refractivity contribution in [1.29, 1.82) is 0 Å². The van der Waals surface area contributed by atoms with Crippen molar-refractivity contribution in [2.45, 2.75) is 57.8 Å². The van der Waals surface area contributed by atoms with Crippen molar-refractivity contribution in [3.05, 3.63) is 46.7 Å². The van der Waals surface area contributed by atoms with E-state index in [0.29, 0.717) is 23.1 Å². The summed E-state index contributed by atoms with van der Waals surface area (Å²) in [6.07, 6.45) is 10.3. The third kappa shape index (κ3) is 4.08. The second kappa shape index (κ2) is 8.80. The smallest absolute Gasteiger partial charge is 0.228 e. The Kier molecular flexibility index (Phi) is 7.02. The van der Waals surface area contributed by atoms with Gasteiger partial charge in [-0.1, -0.05) is 69.2 Å². The van der Waals surface area contributed by atoms with E-state index < -0.39 is 5.78 Å². The number of hydrogen-bond acceptors (Lipinski definition) is 3. The SMILES string of the molecule is O=C1C(O)=C(CCCCC2CCCCC2)C(=O)c2ccccc21.[Ag]. The number of fused-ring (bicyclic) bond motifs is 1. The van der Waals surface area contributed by atoms with Crippen LogP contribution in [0.25, 0.3) is 0 Å². The molecule has 1 radical (unpaired) electrons. The topological polar surface area (TPSA) is 54.4 Å². The second-order valence-electron chi connectivity index (χ2n) is 6.78. The minimum absolute atomic E-state index is 0. The Bertz CT molecular complexity index is 642. The normalized spacial score (nSPS) is 18.3. The zero-order valence-corrected chi connectivity index (χ0v) is 15.3. The number of benzene rings is 1. The minimum atomic E-state index is -0.414. The number of allylic oxidation sites excluding steroid dienone is 2. The molecule has 1 aromatic carbocycles. The molecule has 0 saturated heterocycles. The molecule has 3 nitrogen and oxygen atoms in total. The van der Waals surface area contributed by atoms with Crippen LogP contribution in [-0.2, 0) is 22.4 Å². The molecule has 1 saturated carbocycles. The van der Waals surface area contributed by atoms with Gasteiger partial charge in [0.2, 0.25) is 5.78 Å². The quantitative estimate of drug-likeness (QED) is 0.538. The molecule has 1 N–H and O–H groups in total. The van der Waals surface area contributed by atoms with Crippen LogP contribution in [0, 0.1) is 5.92 Å². The molecule has 1 fully saturated rings. The number of ketones is 2. The van der Waals surface area contributed by atoms with Gasteiger partial charge in [0, 0.05) is 39.1 Å². The molecule has 1 aromatic rings. The summed E-state index contributed by atoms with van der Waals surface area (Å²) in [5.41, 5.74) is 1.05. The fraction of sp³-hybridized carbons (Fsp3) is 0.500. The molecule has 0 heterocycles. The number of unbranched alkanes of at least 4 members (excludes halogenated alkanes) is 1. The van der Waals surface area contributed by atoms with Crippen LogP contribution < -0.4 is 0 Å². The molecule has 0 amide bonds. The van der Waals surface area contributed by atoms with Crippen molar-refractivity contribution in [3.8, 4) is 0 Å². The van der Waals surface area contributed by atoms with Gasteiger partial charge in [0.05, 0.1) is 0 Å². The van der Waals surface area contributed by atoms with E-state index in [2.05, 4.69) is 0 Å². The van der Waals surface area contributed by atoms with E-state index in [1.807, 2.05) is 0 Å². The molecule has 0 atom stereocenters. The number of hydrogen-bond donors (Lipinski definition) is 1. The average molecular weight is 420 g/mol. The minimum Gasteiger partial charge on any atom is -0.504 e. The number of carbonyl (C=O) groups is 2. The molecule has 4 heteroatoms. The van der Waals surface area contributed by atoms with Gasteiger partial charge in [0.1, 0.15) is 0 Å². The van der Waals surface area contributed by atoms with Crippen LogP contribution in [0.15, 0.2) is 35.6 Å². The predicted molar refractivity (Wildman–Crippen MR) is 89.8 cm³/mol. The first-order chi connectivity index (χ1) is 11.2. The predicted octanol–water partition coefficient (Wildman–Crippen LogP) is 5.02. The summed E-state index contributed by atoms with van der Waals surface area (Å²) in [5.74, 6) is -0.111. The summed E-state index contributed by atoms with van der Waals surface area (Å²) >= 11 is 0. The third-order valence-corrected chi connectivity index (χ3v) is 5.21. The largest absolute Gasteiger partial charge is 0.504 e. The summed E-state index contributed by atoms with van der Waals surface area (Å²) in [6.45, 7) is 0. The molecule has 0 unspecified atom stereocenters. The van der Waals surface area contributed by atoms with E-state index in [1.165, 1.54) is 38.5 Å². The fourth-order valence-corrected chi connectivity index (χ4v) is 3.86. The molecular formula is C20H24AgO3. The molecule has 0 aromatic heterocycles. The Hall–Kier alpha value is -1.16. The summed E-state index contributed by atoms with van der Waals surface area (Å²) in [5, 5.41) is 10.1. The monoisotopic (exact) mass is 419 g/mol. The van der Waals surface area contributed by atoms with Gasteiger partial charge in [-0.05, 0) is 18.8 Å². The van der Waals surface area contributed by atoms with Crippen molar-refractivity contribution < 1.29 is 37.1 Å². The summed E-state index contributed by atoms with van der Waals surface area (Å²) in [4.78, 5) is 24.7. The molecule has 2 aliphatic rings. The van der Waals surface area contributed by atoms with Gasteiger partial charge in [-0.2, -0.15) is 0 Å². The first-order valence-electron chi connectivity index (χ1n) is 8.79. The maximum atomic E-state index is 12.5. The number of carbonyl (C=O) groups excluding carboxylic acids is 2. The molecular weight excluding hydrogens is 396 g/mol. The van der Waals surface area contributed by atoms with E-state index in [-0.39, 0.29) is 33.9 Å². The van der Waals surface area contributed by atoms with Crippen molar-refractivity contribution in [2.75, 3.05) is 0 Å². The van der Waals surface area contributed by atoms with Gasteiger partial charge in [-0.15, -0.1) is 0 Å². The molecule has 24 heavy (non-hydrogen) atoms. The maximum absolute atomic E-state index is 12.5. The molecule has 0 spiro atoms. The van der Waals surface area contributed by atoms with E-state index in [1.54, 1.807) is 24.3 Å². The summed E-state index contributed by atoms with van der Waals surface area (Å²) < 4.78 is 0. The van der Waals surface area contributed by atoms with Crippen molar-refractivity contribution in [3.63, 3.8) is 0 Å². The number of Topliss-reactive ketones (excluding diaryl/α,β-unsaturated/α-hetero) is 2. The Labute approximate surface area is 159 Å². The number of aliphatic hydroxyl groups is 1. The Morgan fingerprint density at radius 1 is 0.917 bits per heavy atom. The van der Waals surface area contributed by atoms with Crippen molar-refractivity contribution in [1.82, 2.24) is 0 Å². The molecule has 2 aliphatic carbocycles. The van der Waals surface area contributed by atoms with Gasteiger partial charge in [-0.25, -0.2) is 0 Å². The van der Waals surface area contributed by atoms with Crippen LogP contribution in [0.3, 0.4) is 0 Å². The average Bonchev–Trinajstić information content (AvgIpc) is 2.60. The van der Waals surface area contributed by atoms with E-state index in [9.17, 15) is 14.7 Å². The van der Waals surface area contributed by atoms with Crippen LogP contribution in [0.5, 0.6) is 0 Å². The Morgan fingerprint density at radius 2 is 1.54 bits per heavy atom. The molecule has 0 aliphatic heterocycles. The second-order valence-corrected chi connectivity index (χ2v) is 6.78. The van der Waals surface area contributed by atoms with Gasteiger partial charge >= 0.3 is 0 Å². The number of rotatable bonds is 5. The van der Waals surface area contributed by atoms with Crippen LogP contribution in [0.2, 0.25) is 0 Å². The first-order valence-corrected chi connectivity index (χ1v) is 8.79. The zero-order chi connectivity index (χ0) is 16.2. The van der Waals surface area contributed by atoms with Crippen molar-refractivity contribution >= 4 is 11.6 Å². The Morgan fingerprint density at radius 3 is 2.21 bits per heavy atom. The van der Waals surface area contributed by atoms with Crippen LogP contribution in [0.4, 0.5) is 0 Å². The Balaban J connectivity index is 0.00000208. The maximum Gasteiger partial charge on any atom is 0.228 e. The van der Waals surface area contributed by atoms with Crippen molar-refractivity contribution in [2.24, 2.45) is 5.92 Å². The van der Waals surface area contributed by atoms with E-state index in [4.69, 9.17) is 0 Å². The van der Waals surface area contributed by atoms with Gasteiger partial charge in [0.15, 0.2) is 11.5 Å². The van der Waals surface area contributed by atoms with Crippen LogP contribution >= 0.6 is 0 Å². The summed E-state index contributed by atoms with van der Waals surface area (Å²) in [7, 11) is 0. The van der Waals surface area contributed by atoms with E-state index in [0.717, 1.165) is 18.8 Å². The van der Waals surface area contributed by atoms with Crippen LogP contribution in [0.1, 0.15) is 78.5 Å². The zero-order valence-electron chi connectivity index (χ0n) is 13.8. The molecule has 3 rings (SSSR count). The third-order valence-electron chi connectivity index (χ3n) is 5.21. The standard InChI is InChI=1S/C20H24O3.Ag/c21-18-15-11-6-7-12-16(15)19(22)20(23)17(18)13-5-4-10-14-8-2-1-3-9-14;/h6-7,11-12,14,23H,1-5,8-10,13H2;. The molecule has 133 valence electrons. The van der Waals surface area contributed by atoms with E-state index >= 15 is 0 Å². The summed E-state index contributed by atoms with van der Waals surface area (Å²) in [6, 6.07) is 6.75. The molecule has 0 bridgehead atoms.